The van der Waals surface area contributed by atoms with Crippen LogP contribution in [0.1, 0.15) is 50.7 Å². The lowest BCUT2D eigenvalue weighted by atomic mass is 10.0. The predicted octanol–water partition coefficient (Wildman–Crippen LogP) is 5.79. The van der Waals surface area contributed by atoms with Crippen LogP contribution in [-0.4, -0.2) is 9.97 Å². The molecule has 0 amide bonds. The molecule has 0 aliphatic rings. The Morgan fingerprint density at radius 1 is 0.778 bits per heavy atom. The van der Waals surface area contributed by atoms with E-state index in [0.29, 0.717) is 5.69 Å². The maximum absolute atomic E-state index is 12.6. The molecular formula is C24H28N2O. The zero-order valence-corrected chi connectivity index (χ0v) is 16.3. The summed E-state index contributed by atoms with van der Waals surface area (Å²) in [6.07, 6.45) is 8.69. The molecule has 0 aliphatic carbocycles. The van der Waals surface area contributed by atoms with Crippen molar-refractivity contribution in [3.05, 3.63) is 76.2 Å². The third kappa shape index (κ3) is 4.94. The molecule has 0 unspecified atom stereocenters. The van der Waals surface area contributed by atoms with Crippen LogP contribution < -0.4 is 5.56 Å². The summed E-state index contributed by atoms with van der Waals surface area (Å²) in [6.45, 7) is 4.39. The molecule has 3 nitrogen and oxygen atoms in total. The van der Waals surface area contributed by atoms with E-state index >= 15 is 0 Å². The van der Waals surface area contributed by atoms with Crippen molar-refractivity contribution < 1.29 is 0 Å². The van der Waals surface area contributed by atoms with E-state index in [0.717, 1.165) is 29.7 Å². The second-order valence-electron chi connectivity index (χ2n) is 7.08. The third-order valence-electron chi connectivity index (χ3n) is 4.92. The molecular weight excluding hydrogens is 332 g/mol. The molecule has 0 saturated carbocycles. The molecule has 0 bridgehead atoms. The van der Waals surface area contributed by atoms with Crippen LogP contribution in [0.25, 0.3) is 22.5 Å². The van der Waals surface area contributed by atoms with Gasteiger partial charge in [-0.15, -0.1) is 0 Å². The number of aryl methyl sites for hydroxylation is 2. The molecule has 3 rings (SSSR count). The van der Waals surface area contributed by atoms with Gasteiger partial charge in [0, 0.05) is 5.56 Å². The zero-order valence-electron chi connectivity index (χ0n) is 16.3. The van der Waals surface area contributed by atoms with Gasteiger partial charge in [0.25, 0.3) is 5.56 Å². The molecule has 0 fully saturated rings. The predicted molar refractivity (Wildman–Crippen MR) is 113 cm³/mol. The van der Waals surface area contributed by atoms with E-state index in [1.54, 1.807) is 6.20 Å². The van der Waals surface area contributed by atoms with Crippen molar-refractivity contribution in [3.8, 4) is 22.5 Å². The lowest BCUT2D eigenvalue weighted by molar-refractivity contribution is 0.795. The highest BCUT2D eigenvalue weighted by molar-refractivity contribution is 5.63. The van der Waals surface area contributed by atoms with Gasteiger partial charge in [-0.3, -0.25) is 4.79 Å². The molecule has 3 heteroatoms. The quantitative estimate of drug-likeness (QED) is 0.553. The highest BCUT2D eigenvalue weighted by atomic mass is 16.1. The summed E-state index contributed by atoms with van der Waals surface area (Å²) in [5.41, 5.74) is 5.56. The van der Waals surface area contributed by atoms with E-state index in [1.165, 1.54) is 36.8 Å². The van der Waals surface area contributed by atoms with Crippen LogP contribution in [0.3, 0.4) is 0 Å². The number of aromatic amines is 1. The van der Waals surface area contributed by atoms with Crippen molar-refractivity contribution >= 4 is 0 Å². The first kappa shape index (κ1) is 19.1. The Balaban J connectivity index is 1.78. The molecule has 1 aromatic heterocycles. The minimum absolute atomic E-state index is 0.149. The Morgan fingerprint density at radius 2 is 1.30 bits per heavy atom. The number of H-pyrrole nitrogens is 1. The maximum atomic E-state index is 12.6. The normalized spacial score (nSPS) is 10.9. The van der Waals surface area contributed by atoms with Gasteiger partial charge < -0.3 is 4.98 Å². The number of hydrogen-bond acceptors (Lipinski definition) is 2. The first-order valence-electron chi connectivity index (χ1n) is 9.99. The monoisotopic (exact) mass is 360 g/mol. The first-order chi connectivity index (χ1) is 13.2. The van der Waals surface area contributed by atoms with Gasteiger partial charge in [-0.05, 0) is 42.4 Å². The van der Waals surface area contributed by atoms with Gasteiger partial charge in [0.1, 0.15) is 5.69 Å². The molecule has 140 valence electrons. The summed E-state index contributed by atoms with van der Waals surface area (Å²) < 4.78 is 0. The number of aromatic nitrogens is 2. The summed E-state index contributed by atoms with van der Waals surface area (Å²) in [5, 5.41) is 0. The average Bonchev–Trinajstić information content (AvgIpc) is 2.71. The lowest BCUT2D eigenvalue weighted by Crippen LogP contribution is -2.12. The molecule has 1 N–H and O–H groups in total. The Kier molecular flexibility index (Phi) is 6.59. The molecule has 27 heavy (non-hydrogen) atoms. The molecule has 0 radical (unpaired) electrons. The highest BCUT2D eigenvalue weighted by Gasteiger charge is 2.08. The van der Waals surface area contributed by atoms with Crippen molar-refractivity contribution in [2.75, 3.05) is 0 Å². The summed E-state index contributed by atoms with van der Waals surface area (Å²) >= 11 is 0. The third-order valence-corrected chi connectivity index (χ3v) is 4.92. The Hall–Kier alpha value is -2.68. The van der Waals surface area contributed by atoms with Gasteiger partial charge in [0.2, 0.25) is 0 Å². The lowest BCUT2D eigenvalue weighted by Gasteiger charge is -2.06. The van der Waals surface area contributed by atoms with Crippen molar-refractivity contribution in [3.63, 3.8) is 0 Å². The minimum atomic E-state index is -0.149. The van der Waals surface area contributed by atoms with E-state index in [1.807, 2.05) is 12.1 Å². The smallest absolute Gasteiger partial charge is 0.274 e. The van der Waals surface area contributed by atoms with Gasteiger partial charge in [-0.25, -0.2) is 4.98 Å². The maximum Gasteiger partial charge on any atom is 0.274 e. The van der Waals surface area contributed by atoms with Gasteiger partial charge in [0.15, 0.2) is 0 Å². The summed E-state index contributed by atoms with van der Waals surface area (Å²) in [5.74, 6) is 0. The highest BCUT2D eigenvalue weighted by Crippen LogP contribution is 2.19. The number of hydrogen-bond donors (Lipinski definition) is 1. The number of benzene rings is 2. The van der Waals surface area contributed by atoms with E-state index in [4.69, 9.17) is 0 Å². The van der Waals surface area contributed by atoms with Gasteiger partial charge >= 0.3 is 0 Å². The Morgan fingerprint density at radius 3 is 1.78 bits per heavy atom. The van der Waals surface area contributed by atoms with Gasteiger partial charge in [0.05, 0.1) is 11.9 Å². The molecule has 1 heterocycles. The number of unbranched alkanes of at least 4 members (excludes halogenated alkanes) is 2. The van der Waals surface area contributed by atoms with Crippen LogP contribution >= 0.6 is 0 Å². The summed E-state index contributed by atoms with van der Waals surface area (Å²) in [4.78, 5) is 20.0. The number of nitrogens with zero attached hydrogens (tertiary/aromatic N) is 1. The van der Waals surface area contributed by atoms with Crippen molar-refractivity contribution in [1.82, 2.24) is 9.97 Å². The van der Waals surface area contributed by atoms with Crippen molar-refractivity contribution in [2.45, 2.75) is 52.4 Å². The van der Waals surface area contributed by atoms with Crippen LogP contribution in [0, 0.1) is 0 Å². The van der Waals surface area contributed by atoms with Crippen LogP contribution in [0.4, 0.5) is 0 Å². The second kappa shape index (κ2) is 9.31. The van der Waals surface area contributed by atoms with Crippen LogP contribution in [0.2, 0.25) is 0 Å². The zero-order chi connectivity index (χ0) is 19.1. The molecule has 0 aliphatic heterocycles. The fraction of sp³-hybridized carbons (Fsp3) is 0.333. The SMILES string of the molecule is CCCCc1ccc(-c2cnc(-c3ccc(CCCC)cc3)c(=O)[nH]2)cc1. The number of rotatable bonds is 8. The van der Waals surface area contributed by atoms with E-state index in [2.05, 4.69) is 60.2 Å². The number of nitrogens with one attached hydrogen (secondary N) is 1. The van der Waals surface area contributed by atoms with Crippen LogP contribution in [0.15, 0.2) is 59.5 Å². The van der Waals surface area contributed by atoms with Crippen molar-refractivity contribution in [2.24, 2.45) is 0 Å². The average molecular weight is 361 g/mol. The molecule has 3 aromatic rings. The first-order valence-corrected chi connectivity index (χ1v) is 9.99. The topological polar surface area (TPSA) is 45.8 Å². The van der Waals surface area contributed by atoms with Crippen molar-refractivity contribution in [1.29, 1.82) is 0 Å². The van der Waals surface area contributed by atoms with Crippen LogP contribution in [-0.2, 0) is 12.8 Å². The van der Waals surface area contributed by atoms with Crippen LogP contribution in [0.5, 0.6) is 0 Å². The fourth-order valence-corrected chi connectivity index (χ4v) is 3.20. The molecule has 0 atom stereocenters. The summed E-state index contributed by atoms with van der Waals surface area (Å²) in [7, 11) is 0. The molecule has 0 spiro atoms. The summed E-state index contributed by atoms with van der Waals surface area (Å²) in [6, 6.07) is 16.5. The minimum Gasteiger partial charge on any atom is -0.319 e. The Labute approximate surface area is 161 Å². The van der Waals surface area contributed by atoms with E-state index in [-0.39, 0.29) is 5.56 Å². The van der Waals surface area contributed by atoms with Gasteiger partial charge in [-0.1, -0.05) is 75.2 Å². The van der Waals surface area contributed by atoms with E-state index in [9.17, 15) is 4.79 Å². The standard InChI is InChI=1S/C24H28N2O/c1-3-5-7-18-9-13-20(14-10-18)22-17-25-23(24(27)26-22)21-15-11-19(12-16-21)8-6-4-2/h9-17H,3-8H2,1-2H3,(H,26,27). The fourth-order valence-electron chi connectivity index (χ4n) is 3.20. The Bertz CT molecular complexity index is 908. The van der Waals surface area contributed by atoms with E-state index < -0.39 is 0 Å². The largest absolute Gasteiger partial charge is 0.319 e. The molecule has 2 aromatic carbocycles. The molecule has 0 saturated heterocycles. The second-order valence-corrected chi connectivity index (χ2v) is 7.08. The van der Waals surface area contributed by atoms with Gasteiger partial charge in [-0.2, -0.15) is 0 Å².